The third-order valence-electron chi connectivity index (χ3n) is 4.51. The van der Waals surface area contributed by atoms with Crippen LogP contribution in [-0.2, 0) is 9.59 Å². The van der Waals surface area contributed by atoms with Crippen LogP contribution in [0.25, 0.3) is 0 Å². The van der Waals surface area contributed by atoms with Gasteiger partial charge in [-0.15, -0.1) is 0 Å². The van der Waals surface area contributed by atoms with Crippen molar-refractivity contribution in [2.75, 3.05) is 25.7 Å². The second-order valence-electron chi connectivity index (χ2n) is 5.97. The van der Waals surface area contributed by atoms with Gasteiger partial charge in [0.25, 0.3) is 0 Å². The summed E-state index contributed by atoms with van der Waals surface area (Å²) in [5, 5.41) is 3.00. The number of hydrogen-bond acceptors (Lipinski definition) is 4. The first-order valence-corrected chi connectivity index (χ1v) is 8.36. The Morgan fingerprint density at radius 2 is 1.92 bits per heavy atom. The third kappa shape index (κ3) is 3.80. The Kier molecular flexibility index (Phi) is 6.06. The molecular weight excluding hydrogens is 308 g/mol. The fourth-order valence-electron chi connectivity index (χ4n) is 3.03. The number of methoxy groups -OCH3 is 2. The van der Waals surface area contributed by atoms with Crippen LogP contribution in [0.1, 0.15) is 33.1 Å². The van der Waals surface area contributed by atoms with E-state index in [1.54, 1.807) is 31.3 Å². The molecule has 0 saturated carbocycles. The van der Waals surface area contributed by atoms with Gasteiger partial charge >= 0.3 is 0 Å². The number of anilines is 1. The van der Waals surface area contributed by atoms with Crippen molar-refractivity contribution in [3.63, 3.8) is 0 Å². The molecule has 6 nitrogen and oxygen atoms in total. The summed E-state index contributed by atoms with van der Waals surface area (Å²) in [7, 11) is 3.13. The second-order valence-corrected chi connectivity index (χ2v) is 5.97. The van der Waals surface area contributed by atoms with Crippen molar-refractivity contribution in [2.45, 2.75) is 39.2 Å². The van der Waals surface area contributed by atoms with Gasteiger partial charge in [-0.05, 0) is 25.0 Å². The molecule has 0 radical (unpaired) electrons. The molecule has 2 amide bonds. The van der Waals surface area contributed by atoms with E-state index in [-0.39, 0.29) is 23.8 Å². The minimum absolute atomic E-state index is 0.00272. The molecule has 1 atom stereocenters. The number of nitrogens with zero attached hydrogens (tertiary/aromatic N) is 1. The van der Waals surface area contributed by atoms with Gasteiger partial charge in [-0.3, -0.25) is 9.59 Å². The largest absolute Gasteiger partial charge is 0.493 e. The van der Waals surface area contributed by atoms with E-state index in [0.29, 0.717) is 24.5 Å². The average Bonchev–Trinajstić information content (AvgIpc) is 2.95. The monoisotopic (exact) mass is 334 g/mol. The van der Waals surface area contributed by atoms with Crippen molar-refractivity contribution in [1.82, 2.24) is 5.32 Å². The highest BCUT2D eigenvalue weighted by Gasteiger charge is 2.32. The summed E-state index contributed by atoms with van der Waals surface area (Å²) in [6.45, 7) is 4.48. The molecule has 0 spiro atoms. The molecule has 1 saturated heterocycles. The molecule has 0 bridgehead atoms. The summed E-state index contributed by atoms with van der Waals surface area (Å²) in [4.78, 5) is 26.2. The van der Waals surface area contributed by atoms with Crippen LogP contribution in [0.5, 0.6) is 11.5 Å². The molecule has 0 aliphatic carbocycles. The molecule has 1 aromatic carbocycles. The third-order valence-corrected chi connectivity index (χ3v) is 4.51. The van der Waals surface area contributed by atoms with E-state index in [0.717, 1.165) is 18.5 Å². The number of ether oxygens (including phenoxy) is 2. The summed E-state index contributed by atoms with van der Waals surface area (Å²) >= 11 is 0. The molecule has 1 aliphatic heterocycles. The molecule has 132 valence electrons. The lowest BCUT2D eigenvalue weighted by Crippen LogP contribution is -2.40. The SMILES string of the molecule is CCC(CC)C(=O)N[C@@H]1CC(=O)N(c2ccc(OC)c(OC)c2)C1. The number of carbonyl (C=O) groups is 2. The summed E-state index contributed by atoms with van der Waals surface area (Å²) in [5.74, 6) is 1.23. The van der Waals surface area contributed by atoms with Crippen LogP contribution in [0, 0.1) is 5.92 Å². The van der Waals surface area contributed by atoms with Gasteiger partial charge < -0.3 is 19.7 Å². The minimum atomic E-state index is -0.154. The molecule has 24 heavy (non-hydrogen) atoms. The van der Waals surface area contributed by atoms with Crippen molar-refractivity contribution >= 4 is 17.5 Å². The fourth-order valence-corrected chi connectivity index (χ4v) is 3.03. The van der Waals surface area contributed by atoms with Crippen molar-refractivity contribution in [3.8, 4) is 11.5 Å². The zero-order valence-corrected chi connectivity index (χ0v) is 14.8. The maximum absolute atomic E-state index is 12.3. The normalized spacial score (nSPS) is 17.3. The number of hydrogen-bond donors (Lipinski definition) is 1. The highest BCUT2D eigenvalue weighted by Crippen LogP contribution is 2.33. The van der Waals surface area contributed by atoms with Crippen LogP contribution in [0.15, 0.2) is 18.2 Å². The summed E-state index contributed by atoms with van der Waals surface area (Å²) < 4.78 is 10.5. The van der Waals surface area contributed by atoms with Crippen LogP contribution in [-0.4, -0.2) is 38.6 Å². The first-order valence-electron chi connectivity index (χ1n) is 8.36. The maximum Gasteiger partial charge on any atom is 0.229 e. The smallest absolute Gasteiger partial charge is 0.229 e. The number of benzene rings is 1. The zero-order chi connectivity index (χ0) is 17.7. The number of amides is 2. The van der Waals surface area contributed by atoms with Gasteiger partial charge in [0.05, 0.1) is 20.3 Å². The molecule has 0 aromatic heterocycles. The lowest BCUT2D eigenvalue weighted by Gasteiger charge is -2.20. The van der Waals surface area contributed by atoms with Crippen molar-refractivity contribution in [3.05, 3.63) is 18.2 Å². The fraction of sp³-hybridized carbons (Fsp3) is 0.556. The Morgan fingerprint density at radius 3 is 2.50 bits per heavy atom. The van der Waals surface area contributed by atoms with Gasteiger partial charge in [-0.1, -0.05) is 13.8 Å². The molecule has 1 fully saturated rings. The molecule has 1 N–H and O–H groups in total. The Hall–Kier alpha value is -2.24. The number of nitrogens with one attached hydrogen (secondary N) is 1. The summed E-state index contributed by atoms with van der Waals surface area (Å²) in [6.07, 6.45) is 1.94. The van der Waals surface area contributed by atoms with Crippen LogP contribution >= 0.6 is 0 Å². The molecule has 6 heteroatoms. The van der Waals surface area contributed by atoms with Crippen LogP contribution in [0.3, 0.4) is 0 Å². The van der Waals surface area contributed by atoms with E-state index < -0.39 is 0 Å². The molecule has 2 rings (SSSR count). The average molecular weight is 334 g/mol. The van der Waals surface area contributed by atoms with Gasteiger partial charge in [0.1, 0.15) is 0 Å². The molecule has 0 unspecified atom stereocenters. The van der Waals surface area contributed by atoms with E-state index in [1.165, 1.54) is 0 Å². The van der Waals surface area contributed by atoms with Gasteiger partial charge in [0.2, 0.25) is 11.8 Å². The van der Waals surface area contributed by atoms with Crippen LogP contribution in [0.4, 0.5) is 5.69 Å². The molecule has 1 heterocycles. The summed E-state index contributed by atoms with van der Waals surface area (Å²) in [5.41, 5.74) is 0.747. The van der Waals surface area contributed by atoms with Gasteiger partial charge in [-0.2, -0.15) is 0 Å². The highest BCUT2D eigenvalue weighted by molar-refractivity contribution is 5.97. The Morgan fingerprint density at radius 1 is 1.25 bits per heavy atom. The standard InChI is InChI=1S/C18H26N2O4/c1-5-12(6-2)18(22)19-13-9-17(21)20(11-13)14-7-8-15(23-3)16(10-14)24-4/h7-8,10,12-13H,5-6,9,11H2,1-4H3,(H,19,22)/t13-/m1/s1. The lowest BCUT2D eigenvalue weighted by atomic mass is 10.0. The second kappa shape index (κ2) is 8.04. The lowest BCUT2D eigenvalue weighted by molar-refractivity contribution is -0.125. The van der Waals surface area contributed by atoms with Gasteiger partial charge in [0.15, 0.2) is 11.5 Å². The van der Waals surface area contributed by atoms with E-state index in [2.05, 4.69) is 5.32 Å². The van der Waals surface area contributed by atoms with Crippen LogP contribution < -0.4 is 19.7 Å². The van der Waals surface area contributed by atoms with E-state index in [1.807, 2.05) is 19.9 Å². The number of carbonyl (C=O) groups excluding carboxylic acids is 2. The predicted octanol–water partition coefficient (Wildman–Crippen LogP) is 2.36. The van der Waals surface area contributed by atoms with E-state index in [9.17, 15) is 9.59 Å². The quantitative estimate of drug-likeness (QED) is 0.831. The van der Waals surface area contributed by atoms with E-state index >= 15 is 0 Å². The van der Waals surface area contributed by atoms with Crippen molar-refractivity contribution in [2.24, 2.45) is 5.92 Å². The topological polar surface area (TPSA) is 67.9 Å². The Labute approximate surface area is 143 Å². The molecular formula is C18H26N2O4. The highest BCUT2D eigenvalue weighted by atomic mass is 16.5. The predicted molar refractivity (Wildman–Crippen MR) is 92.5 cm³/mol. The molecule has 1 aromatic rings. The van der Waals surface area contributed by atoms with Gasteiger partial charge in [0, 0.05) is 30.6 Å². The Bertz CT molecular complexity index is 599. The molecule has 1 aliphatic rings. The van der Waals surface area contributed by atoms with Crippen molar-refractivity contribution in [1.29, 1.82) is 0 Å². The number of rotatable bonds is 7. The first kappa shape index (κ1) is 18.1. The summed E-state index contributed by atoms with van der Waals surface area (Å²) in [6, 6.07) is 5.22. The van der Waals surface area contributed by atoms with Crippen molar-refractivity contribution < 1.29 is 19.1 Å². The zero-order valence-electron chi connectivity index (χ0n) is 14.8. The Balaban J connectivity index is 2.08. The van der Waals surface area contributed by atoms with Crippen LogP contribution in [0.2, 0.25) is 0 Å². The van der Waals surface area contributed by atoms with Gasteiger partial charge in [-0.25, -0.2) is 0 Å². The maximum atomic E-state index is 12.3. The minimum Gasteiger partial charge on any atom is -0.493 e. The first-order chi connectivity index (χ1) is 11.5. The van der Waals surface area contributed by atoms with E-state index in [4.69, 9.17) is 9.47 Å².